The molecule has 2 aromatic carbocycles. The summed E-state index contributed by atoms with van der Waals surface area (Å²) in [6.45, 7) is 1.99. The maximum atomic E-state index is 12.0. The van der Waals surface area contributed by atoms with Crippen LogP contribution in [0.25, 0.3) is 21.1 Å². The van der Waals surface area contributed by atoms with E-state index in [0.717, 1.165) is 36.7 Å². The minimum absolute atomic E-state index is 0.150. The number of benzene rings is 2. The minimum Gasteiger partial charge on any atom is -0.358 e. The summed E-state index contributed by atoms with van der Waals surface area (Å²) in [6, 6.07) is 16.0. The summed E-state index contributed by atoms with van der Waals surface area (Å²) in [6.07, 6.45) is 1.69. The molecule has 0 spiro atoms. The van der Waals surface area contributed by atoms with E-state index in [2.05, 4.69) is 20.5 Å². The number of H-pyrrole nitrogens is 1. The normalized spacial score (nSPS) is 11.6. The van der Waals surface area contributed by atoms with Gasteiger partial charge in [0.05, 0.1) is 22.2 Å². The highest BCUT2D eigenvalue weighted by Gasteiger charge is 2.08. The Kier molecular flexibility index (Phi) is 4.73. The van der Waals surface area contributed by atoms with Gasteiger partial charge in [0, 0.05) is 22.2 Å². The number of nitrogens with one attached hydrogen (secondary N) is 2. The molecule has 0 fully saturated rings. The van der Waals surface area contributed by atoms with E-state index in [1.165, 1.54) is 11.8 Å². The molecular weight excluding hydrogens is 364 g/mol. The summed E-state index contributed by atoms with van der Waals surface area (Å²) in [7, 11) is 0. The monoisotopic (exact) mass is 380 g/mol. The van der Waals surface area contributed by atoms with Gasteiger partial charge in [0.25, 0.3) is 5.91 Å². The number of carbonyl (C=O) groups excluding carboxylic acids is 1. The van der Waals surface area contributed by atoms with Crippen molar-refractivity contribution in [3.8, 4) is 0 Å². The minimum atomic E-state index is -0.150. The van der Waals surface area contributed by atoms with Crippen molar-refractivity contribution in [2.75, 3.05) is 5.75 Å². The molecule has 130 valence electrons. The van der Waals surface area contributed by atoms with Gasteiger partial charge in [-0.25, -0.2) is 10.4 Å². The third kappa shape index (κ3) is 3.49. The fraction of sp³-hybridized carbons (Fsp3) is 0.105. The van der Waals surface area contributed by atoms with E-state index in [1.807, 2.05) is 55.5 Å². The molecule has 2 N–H and O–H groups in total. The SMILES string of the molecule is Cc1[nH]c2ccccc2c1/C=N/NC(=O)CSc1nc2ccccc2s1. The summed E-state index contributed by atoms with van der Waals surface area (Å²) in [5, 5.41) is 5.19. The molecule has 4 rings (SSSR count). The number of hydrazone groups is 1. The number of para-hydroxylation sites is 2. The first-order chi connectivity index (χ1) is 12.7. The fourth-order valence-corrected chi connectivity index (χ4v) is 4.57. The van der Waals surface area contributed by atoms with Gasteiger partial charge < -0.3 is 4.98 Å². The number of amides is 1. The van der Waals surface area contributed by atoms with Gasteiger partial charge in [-0.2, -0.15) is 5.10 Å². The molecule has 5 nitrogen and oxygen atoms in total. The van der Waals surface area contributed by atoms with Crippen LogP contribution in [-0.4, -0.2) is 27.8 Å². The average molecular weight is 380 g/mol. The molecule has 0 aliphatic carbocycles. The first-order valence-electron chi connectivity index (χ1n) is 8.08. The molecule has 0 radical (unpaired) electrons. The summed E-state index contributed by atoms with van der Waals surface area (Å²) in [4.78, 5) is 19.9. The highest BCUT2D eigenvalue weighted by molar-refractivity contribution is 8.01. The van der Waals surface area contributed by atoms with Gasteiger partial charge in [0.1, 0.15) is 0 Å². The number of fused-ring (bicyclic) bond motifs is 2. The lowest BCUT2D eigenvalue weighted by molar-refractivity contribution is -0.118. The Hall–Kier alpha value is -2.64. The van der Waals surface area contributed by atoms with Crippen molar-refractivity contribution in [3.63, 3.8) is 0 Å². The number of thiazole rings is 1. The van der Waals surface area contributed by atoms with Crippen LogP contribution in [0.2, 0.25) is 0 Å². The van der Waals surface area contributed by atoms with Gasteiger partial charge in [0.15, 0.2) is 4.34 Å². The number of aromatic amines is 1. The van der Waals surface area contributed by atoms with Crippen LogP contribution in [0.5, 0.6) is 0 Å². The lowest BCUT2D eigenvalue weighted by atomic mass is 10.1. The summed E-state index contributed by atoms with van der Waals surface area (Å²) >= 11 is 3.02. The Labute approximate surface area is 158 Å². The van der Waals surface area contributed by atoms with Crippen molar-refractivity contribution in [1.29, 1.82) is 0 Å². The summed E-state index contributed by atoms with van der Waals surface area (Å²) in [5.41, 5.74) is 6.62. The molecular formula is C19H16N4OS2. The van der Waals surface area contributed by atoms with Crippen LogP contribution >= 0.6 is 23.1 Å². The summed E-state index contributed by atoms with van der Waals surface area (Å²) in [5.74, 6) is 0.132. The third-order valence-corrected chi connectivity index (χ3v) is 6.11. The lowest BCUT2D eigenvalue weighted by Crippen LogP contribution is -2.19. The van der Waals surface area contributed by atoms with E-state index in [4.69, 9.17) is 0 Å². The second kappa shape index (κ2) is 7.31. The molecule has 2 heterocycles. The number of thioether (sulfide) groups is 1. The predicted molar refractivity (Wildman–Crippen MR) is 109 cm³/mol. The maximum Gasteiger partial charge on any atom is 0.250 e. The summed E-state index contributed by atoms with van der Waals surface area (Å²) < 4.78 is 2.01. The van der Waals surface area contributed by atoms with Crippen LogP contribution in [0.15, 0.2) is 58.0 Å². The quantitative estimate of drug-likeness (QED) is 0.308. The van der Waals surface area contributed by atoms with Crippen LogP contribution in [0.1, 0.15) is 11.3 Å². The Balaban J connectivity index is 1.37. The molecule has 0 bridgehead atoms. The van der Waals surface area contributed by atoms with Crippen molar-refractivity contribution in [3.05, 3.63) is 59.8 Å². The molecule has 0 saturated carbocycles. The number of aryl methyl sites for hydroxylation is 1. The zero-order valence-electron chi connectivity index (χ0n) is 14.0. The van der Waals surface area contributed by atoms with Crippen LogP contribution in [-0.2, 0) is 4.79 Å². The molecule has 2 aromatic heterocycles. The third-order valence-electron chi connectivity index (χ3n) is 3.93. The fourth-order valence-electron chi connectivity index (χ4n) is 2.71. The first kappa shape index (κ1) is 16.8. The molecule has 0 unspecified atom stereocenters. The van der Waals surface area contributed by atoms with E-state index in [-0.39, 0.29) is 11.7 Å². The molecule has 0 atom stereocenters. The average Bonchev–Trinajstić information content (AvgIpc) is 3.20. The molecule has 26 heavy (non-hydrogen) atoms. The number of hydrogen-bond donors (Lipinski definition) is 2. The van der Waals surface area contributed by atoms with Gasteiger partial charge in [-0.05, 0) is 25.1 Å². The Morgan fingerprint density at radius 3 is 2.96 bits per heavy atom. The number of carbonyl (C=O) groups is 1. The van der Waals surface area contributed by atoms with Gasteiger partial charge in [0.2, 0.25) is 0 Å². The van der Waals surface area contributed by atoms with Crippen LogP contribution in [0, 0.1) is 6.92 Å². The van der Waals surface area contributed by atoms with E-state index in [1.54, 1.807) is 17.6 Å². The van der Waals surface area contributed by atoms with Crippen LogP contribution in [0.3, 0.4) is 0 Å². The predicted octanol–water partition coefficient (Wildman–Crippen LogP) is 4.33. The van der Waals surface area contributed by atoms with Crippen molar-refractivity contribution in [1.82, 2.24) is 15.4 Å². The topological polar surface area (TPSA) is 70.1 Å². The second-order valence-corrected chi connectivity index (χ2v) is 7.99. The Morgan fingerprint density at radius 2 is 2.08 bits per heavy atom. The Bertz CT molecular complexity index is 1080. The van der Waals surface area contributed by atoms with Crippen LogP contribution in [0.4, 0.5) is 0 Å². The molecule has 7 heteroatoms. The zero-order valence-corrected chi connectivity index (χ0v) is 15.7. The van der Waals surface area contributed by atoms with Gasteiger partial charge in [-0.3, -0.25) is 4.79 Å². The van der Waals surface area contributed by atoms with E-state index in [9.17, 15) is 4.79 Å². The molecule has 4 aromatic rings. The van der Waals surface area contributed by atoms with E-state index < -0.39 is 0 Å². The van der Waals surface area contributed by atoms with Crippen molar-refractivity contribution < 1.29 is 4.79 Å². The highest BCUT2D eigenvalue weighted by atomic mass is 32.2. The molecule has 0 aliphatic heterocycles. The van der Waals surface area contributed by atoms with E-state index >= 15 is 0 Å². The first-order valence-corrected chi connectivity index (χ1v) is 9.88. The Morgan fingerprint density at radius 1 is 1.27 bits per heavy atom. The molecule has 0 saturated heterocycles. The van der Waals surface area contributed by atoms with Gasteiger partial charge in [-0.15, -0.1) is 11.3 Å². The lowest BCUT2D eigenvalue weighted by Gasteiger charge is -1.98. The van der Waals surface area contributed by atoms with Crippen LogP contribution < -0.4 is 5.43 Å². The highest BCUT2D eigenvalue weighted by Crippen LogP contribution is 2.29. The number of rotatable bonds is 5. The van der Waals surface area contributed by atoms with E-state index in [0.29, 0.717) is 0 Å². The van der Waals surface area contributed by atoms with Crippen molar-refractivity contribution >= 4 is 56.3 Å². The zero-order chi connectivity index (χ0) is 17.9. The van der Waals surface area contributed by atoms with Crippen molar-refractivity contribution in [2.45, 2.75) is 11.3 Å². The smallest absolute Gasteiger partial charge is 0.250 e. The largest absolute Gasteiger partial charge is 0.358 e. The maximum absolute atomic E-state index is 12.0. The number of hydrogen-bond acceptors (Lipinski definition) is 5. The number of aromatic nitrogens is 2. The second-order valence-electron chi connectivity index (χ2n) is 5.74. The standard InChI is InChI=1S/C19H16N4OS2/c1-12-14(13-6-2-3-7-15(13)21-12)10-20-23-18(24)11-25-19-22-16-8-4-5-9-17(16)26-19/h2-10,21H,11H2,1H3,(H,23,24)/b20-10+. The molecule has 0 aliphatic rings. The number of nitrogens with zero attached hydrogens (tertiary/aromatic N) is 2. The van der Waals surface area contributed by atoms with Gasteiger partial charge >= 0.3 is 0 Å². The van der Waals surface area contributed by atoms with Crippen molar-refractivity contribution in [2.24, 2.45) is 5.10 Å². The van der Waals surface area contributed by atoms with Gasteiger partial charge in [-0.1, -0.05) is 42.1 Å². The molecule has 1 amide bonds.